The predicted molar refractivity (Wildman–Crippen MR) is 226 cm³/mol. The number of hydrogen-bond acceptors (Lipinski definition) is 0. The van der Waals surface area contributed by atoms with Crippen molar-refractivity contribution in [3.63, 3.8) is 0 Å². The van der Waals surface area contributed by atoms with Crippen molar-refractivity contribution in [1.82, 2.24) is 0 Å². The molecule has 0 bridgehead atoms. The van der Waals surface area contributed by atoms with Gasteiger partial charge in [-0.05, 0) is 116 Å². The van der Waals surface area contributed by atoms with Crippen LogP contribution in [0.3, 0.4) is 0 Å². The third kappa shape index (κ3) is 8.56. The zero-order valence-corrected chi connectivity index (χ0v) is 34.1. The topological polar surface area (TPSA) is 0 Å². The number of hydrogen-bond donors (Lipinski definition) is 0. The molecule has 3 heteroatoms. The van der Waals surface area contributed by atoms with Gasteiger partial charge in [-0.1, -0.05) is 189 Å². The number of benzene rings is 6. The van der Waals surface area contributed by atoms with Gasteiger partial charge in [0.05, 0.1) is 0 Å². The third-order valence-corrected chi connectivity index (χ3v) is 17.1. The fourth-order valence-electron chi connectivity index (χ4n) is 9.05. The van der Waals surface area contributed by atoms with Gasteiger partial charge in [0.2, 0.25) is 0 Å². The van der Waals surface area contributed by atoms with Crippen molar-refractivity contribution in [2.24, 2.45) is 5.92 Å². The fraction of sp³-hybridized carbons (Fsp3) is 0.333. The maximum absolute atomic E-state index is 2.61. The molecular formula is C48H54FeP2. The Labute approximate surface area is 320 Å². The quantitative estimate of drug-likeness (QED) is 0.113. The Kier molecular flexibility index (Phi) is 12.9. The van der Waals surface area contributed by atoms with E-state index in [1.165, 1.54) is 95.2 Å². The molecule has 2 aliphatic rings. The molecule has 0 aromatic heterocycles. The molecule has 6 aromatic carbocycles. The van der Waals surface area contributed by atoms with Crippen LogP contribution >= 0.6 is 15.8 Å². The molecule has 0 heterocycles. The normalized spacial score (nSPS) is 17.8. The van der Waals surface area contributed by atoms with Crippen molar-refractivity contribution in [2.45, 2.75) is 97.3 Å². The molecule has 3 atom stereocenters. The smallest absolute Gasteiger partial charge is 0 e. The van der Waals surface area contributed by atoms with E-state index in [1.54, 1.807) is 21.2 Å². The van der Waals surface area contributed by atoms with E-state index >= 15 is 0 Å². The van der Waals surface area contributed by atoms with Crippen LogP contribution in [0, 0.1) is 33.6 Å². The molecule has 0 saturated heterocycles. The van der Waals surface area contributed by atoms with Crippen molar-refractivity contribution in [1.29, 1.82) is 0 Å². The first-order valence-corrected chi connectivity index (χ1v) is 21.9. The first-order valence-electron chi connectivity index (χ1n) is 19.1. The van der Waals surface area contributed by atoms with E-state index in [2.05, 4.69) is 156 Å². The molecule has 0 amide bonds. The van der Waals surface area contributed by atoms with E-state index in [1.807, 2.05) is 0 Å². The Morgan fingerprint density at radius 3 is 1.35 bits per heavy atom. The number of aryl methyl sites for hydroxylation is 4. The predicted octanol–water partition coefficient (Wildman–Crippen LogP) is 12.3. The monoisotopic (exact) mass is 748 g/mol. The van der Waals surface area contributed by atoms with Crippen molar-refractivity contribution in [2.75, 3.05) is 0 Å². The number of rotatable bonds is 7. The van der Waals surface area contributed by atoms with Gasteiger partial charge in [0, 0.05) is 17.1 Å². The average molecular weight is 749 g/mol. The Morgan fingerprint density at radius 2 is 0.902 bits per heavy atom. The maximum Gasteiger partial charge on any atom is 0 e. The molecule has 3 unspecified atom stereocenters. The minimum atomic E-state index is -0.600. The molecular weight excluding hydrogens is 694 g/mol. The second-order valence-corrected chi connectivity index (χ2v) is 20.1. The summed E-state index contributed by atoms with van der Waals surface area (Å²) in [5.41, 5.74) is 6.73. The Bertz CT molecular complexity index is 1890. The molecule has 0 radical (unpaired) electrons. The second kappa shape index (κ2) is 17.4. The molecule has 0 spiro atoms. The summed E-state index contributed by atoms with van der Waals surface area (Å²) in [7, 11) is -1.14. The van der Waals surface area contributed by atoms with E-state index < -0.39 is 15.8 Å². The molecule has 0 nitrogen and oxygen atoms in total. The van der Waals surface area contributed by atoms with Gasteiger partial charge < -0.3 is 0 Å². The molecule has 51 heavy (non-hydrogen) atoms. The first kappa shape index (κ1) is 38.0. The van der Waals surface area contributed by atoms with Gasteiger partial charge >= 0.3 is 0 Å². The molecule has 2 aliphatic carbocycles. The van der Waals surface area contributed by atoms with Crippen LogP contribution in [0.15, 0.2) is 121 Å². The zero-order chi connectivity index (χ0) is 34.6. The molecule has 0 N–H and O–H groups in total. The first-order chi connectivity index (χ1) is 24.4. The van der Waals surface area contributed by atoms with Crippen LogP contribution in [0.5, 0.6) is 0 Å². The van der Waals surface area contributed by atoms with E-state index in [4.69, 9.17) is 0 Å². The summed E-state index contributed by atoms with van der Waals surface area (Å²) in [4.78, 5) is 0. The SMILES string of the molecule is C1CCCC1.Cc1cc(C)cc(P(c2cc(C)cc(C)c2)C(C)C2CCCC2P(c2cccc3ccccc23)c2cccc3ccccc23)c1.[Fe]. The zero-order valence-electron chi connectivity index (χ0n) is 31.2. The van der Waals surface area contributed by atoms with Gasteiger partial charge in [0.15, 0.2) is 0 Å². The molecule has 6 aromatic rings. The summed E-state index contributed by atoms with van der Waals surface area (Å²) < 4.78 is 0. The van der Waals surface area contributed by atoms with Crippen LogP contribution in [0.25, 0.3) is 21.5 Å². The van der Waals surface area contributed by atoms with Gasteiger partial charge in [-0.3, -0.25) is 0 Å². The third-order valence-electron chi connectivity index (χ3n) is 11.2. The average Bonchev–Trinajstić information content (AvgIpc) is 3.85. The molecule has 2 fully saturated rings. The van der Waals surface area contributed by atoms with E-state index in [0.29, 0.717) is 17.2 Å². The van der Waals surface area contributed by atoms with Crippen LogP contribution in [0.1, 0.15) is 80.5 Å². The summed E-state index contributed by atoms with van der Waals surface area (Å²) in [6.45, 7) is 11.7. The molecule has 2 saturated carbocycles. The van der Waals surface area contributed by atoms with Gasteiger partial charge in [-0.15, -0.1) is 0 Å². The van der Waals surface area contributed by atoms with Crippen molar-refractivity contribution >= 4 is 58.6 Å². The van der Waals surface area contributed by atoms with E-state index in [-0.39, 0.29) is 17.1 Å². The van der Waals surface area contributed by atoms with Crippen LogP contribution in [-0.2, 0) is 17.1 Å². The largest absolute Gasteiger partial charge is 0.0616 e. The van der Waals surface area contributed by atoms with Crippen LogP contribution in [0.2, 0.25) is 0 Å². The molecule has 264 valence electrons. The summed E-state index contributed by atoms with van der Waals surface area (Å²) in [6.07, 6.45) is 11.4. The maximum atomic E-state index is 2.61. The van der Waals surface area contributed by atoms with Crippen LogP contribution in [0.4, 0.5) is 0 Å². The minimum Gasteiger partial charge on any atom is -0.0616 e. The molecule has 8 rings (SSSR count). The summed E-state index contributed by atoms with van der Waals surface area (Å²) in [5.74, 6) is 0.654. The van der Waals surface area contributed by atoms with Crippen LogP contribution in [-0.4, -0.2) is 11.3 Å². The van der Waals surface area contributed by atoms with E-state index in [9.17, 15) is 0 Å². The van der Waals surface area contributed by atoms with Gasteiger partial charge in [0.1, 0.15) is 0 Å². The second-order valence-electron chi connectivity index (χ2n) is 15.1. The molecule has 0 aliphatic heterocycles. The summed E-state index contributed by atoms with van der Waals surface area (Å²) >= 11 is 0. The fourth-order valence-corrected chi connectivity index (χ4v) is 16.2. The Morgan fingerprint density at radius 1 is 0.490 bits per heavy atom. The standard InChI is InChI=1S/C43H44P2.C5H10.Fe/c1-29-23-30(2)26-36(25-29)44(37-27-31(3)24-32(4)28-37)33(5)38-19-12-22-41(38)45(42-20-10-15-34-13-6-8-17-39(34)42)43-21-11-16-35-14-7-9-18-40(35)43;1-2-4-5-3-1;/h6-11,13-18,20-21,23-28,33,38,41H,12,19,22H2,1-5H3;1-5H2;. The van der Waals surface area contributed by atoms with Crippen molar-refractivity contribution in [3.05, 3.63) is 144 Å². The Balaban J connectivity index is 0.000000689. The number of fused-ring (bicyclic) bond motifs is 2. The Hall–Kier alpha value is -2.78. The van der Waals surface area contributed by atoms with Gasteiger partial charge in [0.25, 0.3) is 0 Å². The minimum absolute atomic E-state index is 0. The van der Waals surface area contributed by atoms with Crippen molar-refractivity contribution < 1.29 is 17.1 Å². The van der Waals surface area contributed by atoms with E-state index in [0.717, 1.165) is 0 Å². The summed E-state index contributed by atoms with van der Waals surface area (Å²) in [5, 5.41) is 11.8. The van der Waals surface area contributed by atoms with Crippen LogP contribution < -0.4 is 21.2 Å². The van der Waals surface area contributed by atoms with Crippen molar-refractivity contribution in [3.8, 4) is 0 Å². The van der Waals surface area contributed by atoms with Gasteiger partial charge in [-0.2, -0.15) is 0 Å². The summed E-state index contributed by atoms with van der Waals surface area (Å²) in [6, 6.07) is 47.0. The van der Waals surface area contributed by atoms with Gasteiger partial charge in [-0.25, -0.2) is 0 Å².